The Kier molecular flexibility index (Phi) is 3.83. The van der Waals surface area contributed by atoms with Gasteiger partial charge in [-0.25, -0.2) is 0 Å². The SMILES string of the molecule is COC(=O)[C@H](C)[C@@H](N)[C@H]1[C@H](C)ON2[C@@H]3[C@H]4CC[C@@](C)([C@@H]3O[C@@H]12)C4(C)C. The van der Waals surface area contributed by atoms with Crippen LogP contribution in [0.15, 0.2) is 0 Å². The Bertz CT molecular complexity index is 582. The van der Waals surface area contributed by atoms with Crippen molar-refractivity contribution in [1.82, 2.24) is 5.06 Å². The molecule has 142 valence electrons. The average molecular weight is 352 g/mol. The summed E-state index contributed by atoms with van der Waals surface area (Å²) >= 11 is 0. The van der Waals surface area contributed by atoms with Crippen LogP contribution in [0.4, 0.5) is 0 Å². The van der Waals surface area contributed by atoms with Gasteiger partial charge in [-0.1, -0.05) is 27.7 Å². The number of carbonyl (C=O) groups excluding carboxylic acids is 1. The molecule has 0 amide bonds. The lowest BCUT2D eigenvalue weighted by atomic mass is 9.70. The van der Waals surface area contributed by atoms with E-state index < -0.39 is 0 Å². The number of fused-ring (bicyclic) bond motifs is 7. The Labute approximate surface area is 150 Å². The van der Waals surface area contributed by atoms with Gasteiger partial charge in [0.05, 0.1) is 31.3 Å². The number of hydroxylamine groups is 2. The number of ether oxygens (including phenoxy) is 2. The van der Waals surface area contributed by atoms with Crippen molar-refractivity contribution in [1.29, 1.82) is 0 Å². The molecule has 0 unspecified atom stereocenters. The van der Waals surface area contributed by atoms with Crippen molar-refractivity contribution in [2.75, 3.05) is 7.11 Å². The van der Waals surface area contributed by atoms with Gasteiger partial charge in [0.2, 0.25) is 0 Å². The average Bonchev–Trinajstić information content (AvgIpc) is 3.19. The van der Waals surface area contributed by atoms with E-state index in [1.165, 1.54) is 20.0 Å². The maximum Gasteiger partial charge on any atom is 0.309 e. The molecule has 6 heteroatoms. The first-order chi connectivity index (χ1) is 11.6. The van der Waals surface area contributed by atoms with E-state index in [1.807, 2.05) is 13.8 Å². The molecule has 2 heterocycles. The van der Waals surface area contributed by atoms with Crippen LogP contribution in [-0.4, -0.2) is 48.7 Å². The summed E-state index contributed by atoms with van der Waals surface area (Å²) in [5, 5.41) is 2.10. The molecule has 6 nitrogen and oxygen atoms in total. The van der Waals surface area contributed by atoms with Gasteiger partial charge in [-0.05, 0) is 31.1 Å². The first kappa shape index (κ1) is 17.7. The van der Waals surface area contributed by atoms with Crippen LogP contribution in [-0.2, 0) is 19.1 Å². The Hall–Kier alpha value is -0.690. The number of nitrogens with zero attached hydrogens (tertiary/aromatic N) is 1. The van der Waals surface area contributed by atoms with Crippen LogP contribution in [0, 0.1) is 28.6 Å². The summed E-state index contributed by atoms with van der Waals surface area (Å²) in [5.74, 6) is -0.114. The molecule has 9 atom stereocenters. The summed E-state index contributed by atoms with van der Waals surface area (Å²) in [6.45, 7) is 11.0. The van der Waals surface area contributed by atoms with Gasteiger partial charge in [-0.3, -0.25) is 9.63 Å². The number of nitrogens with two attached hydrogens (primary N) is 1. The van der Waals surface area contributed by atoms with E-state index in [9.17, 15) is 4.79 Å². The topological polar surface area (TPSA) is 74.0 Å². The normalized spacial score (nSPS) is 49.7. The third kappa shape index (κ3) is 2.02. The van der Waals surface area contributed by atoms with Crippen LogP contribution in [0.1, 0.15) is 47.5 Å². The predicted molar refractivity (Wildman–Crippen MR) is 92.1 cm³/mol. The Morgan fingerprint density at radius 3 is 2.68 bits per heavy atom. The predicted octanol–water partition coefficient (Wildman–Crippen LogP) is 1.92. The molecular formula is C19H32N2O4. The number of methoxy groups -OCH3 is 1. The minimum absolute atomic E-state index is 0.0363. The quantitative estimate of drug-likeness (QED) is 0.783. The molecule has 0 aromatic heterocycles. The fourth-order valence-corrected chi connectivity index (χ4v) is 6.24. The van der Waals surface area contributed by atoms with Crippen molar-refractivity contribution in [3.63, 3.8) is 0 Å². The first-order valence-electron chi connectivity index (χ1n) is 9.59. The molecular weight excluding hydrogens is 320 g/mol. The highest BCUT2D eigenvalue weighted by molar-refractivity contribution is 5.72. The van der Waals surface area contributed by atoms with Crippen molar-refractivity contribution in [3.05, 3.63) is 0 Å². The Morgan fingerprint density at radius 1 is 1.36 bits per heavy atom. The van der Waals surface area contributed by atoms with Crippen LogP contribution in [0.5, 0.6) is 0 Å². The zero-order valence-corrected chi connectivity index (χ0v) is 16.2. The molecule has 2 bridgehead atoms. The summed E-state index contributed by atoms with van der Waals surface area (Å²) in [7, 11) is 1.41. The van der Waals surface area contributed by atoms with Crippen molar-refractivity contribution < 1.29 is 19.1 Å². The molecule has 4 rings (SSSR count). The third-order valence-corrected chi connectivity index (χ3v) is 8.31. The fraction of sp³-hybridized carbons (Fsp3) is 0.947. The minimum atomic E-state index is -0.381. The van der Waals surface area contributed by atoms with Crippen LogP contribution in [0.3, 0.4) is 0 Å². The zero-order chi connectivity index (χ0) is 18.3. The highest BCUT2D eigenvalue weighted by Gasteiger charge is 2.73. The lowest BCUT2D eigenvalue weighted by Crippen LogP contribution is -2.49. The molecule has 2 saturated carbocycles. The van der Waals surface area contributed by atoms with Gasteiger partial charge in [0, 0.05) is 17.4 Å². The molecule has 2 aliphatic heterocycles. The van der Waals surface area contributed by atoms with Crippen molar-refractivity contribution in [2.45, 2.75) is 78.0 Å². The zero-order valence-electron chi connectivity index (χ0n) is 16.2. The maximum atomic E-state index is 12.0. The van der Waals surface area contributed by atoms with E-state index in [4.69, 9.17) is 20.0 Å². The van der Waals surface area contributed by atoms with Crippen LogP contribution in [0.2, 0.25) is 0 Å². The largest absolute Gasteiger partial charge is 0.469 e. The van der Waals surface area contributed by atoms with Gasteiger partial charge < -0.3 is 15.2 Å². The summed E-state index contributed by atoms with van der Waals surface area (Å²) in [6, 6.07) is -0.0541. The highest BCUT2D eigenvalue weighted by atomic mass is 16.8. The van der Waals surface area contributed by atoms with Gasteiger partial charge >= 0.3 is 5.97 Å². The molecule has 2 aliphatic carbocycles. The van der Waals surface area contributed by atoms with Crippen LogP contribution < -0.4 is 5.73 Å². The highest BCUT2D eigenvalue weighted by Crippen LogP contribution is 2.70. The van der Waals surface area contributed by atoms with Gasteiger partial charge in [-0.15, -0.1) is 0 Å². The van der Waals surface area contributed by atoms with Crippen molar-refractivity contribution in [3.8, 4) is 0 Å². The number of carbonyl (C=O) groups is 1. The van der Waals surface area contributed by atoms with E-state index in [1.54, 1.807) is 0 Å². The number of rotatable bonds is 3. The molecule has 0 aromatic carbocycles. The monoisotopic (exact) mass is 352 g/mol. The van der Waals surface area contributed by atoms with Crippen molar-refractivity contribution in [2.24, 2.45) is 34.3 Å². The lowest BCUT2D eigenvalue weighted by Gasteiger charge is -2.39. The second kappa shape index (κ2) is 5.41. The molecule has 25 heavy (non-hydrogen) atoms. The second-order valence-corrected chi connectivity index (χ2v) is 9.36. The van der Waals surface area contributed by atoms with Gasteiger partial charge in [0.1, 0.15) is 6.23 Å². The molecule has 2 N–H and O–H groups in total. The Balaban J connectivity index is 1.60. The van der Waals surface area contributed by atoms with Crippen LogP contribution in [0.25, 0.3) is 0 Å². The maximum absolute atomic E-state index is 12.0. The van der Waals surface area contributed by atoms with Gasteiger partial charge in [0.15, 0.2) is 0 Å². The molecule has 4 aliphatic rings. The van der Waals surface area contributed by atoms with Crippen molar-refractivity contribution >= 4 is 5.97 Å². The van der Waals surface area contributed by atoms with E-state index >= 15 is 0 Å². The fourth-order valence-electron chi connectivity index (χ4n) is 6.24. The smallest absolute Gasteiger partial charge is 0.309 e. The Morgan fingerprint density at radius 2 is 2.04 bits per heavy atom. The third-order valence-electron chi connectivity index (χ3n) is 8.31. The summed E-state index contributed by atoms with van der Waals surface area (Å²) in [4.78, 5) is 18.2. The summed E-state index contributed by atoms with van der Waals surface area (Å²) in [6.07, 6.45) is 2.38. The standard InChI is InChI=1S/C19H32N2O4/c1-9(17(22)23-6)13(20)12-10(2)25-21-14-11-7-8-19(5,18(11,3)4)15(14)24-16(12)21/h9-16H,7-8,20H2,1-6H3/t9-,10+,11-,12-,13-,14-,15-,16+,19+/m1/s1. The van der Waals surface area contributed by atoms with E-state index in [0.717, 1.165) is 0 Å². The number of hydrogen-bond donors (Lipinski definition) is 1. The minimum Gasteiger partial charge on any atom is -0.469 e. The first-order valence-corrected chi connectivity index (χ1v) is 9.59. The lowest BCUT2D eigenvalue weighted by molar-refractivity contribution is -0.193. The summed E-state index contributed by atoms with van der Waals surface area (Å²) < 4.78 is 11.5. The second-order valence-electron chi connectivity index (χ2n) is 9.36. The summed E-state index contributed by atoms with van der Waals surface area (Å²) in [5.41, 5.74) is 6.90. The van der Waals surface area contributed by atoms with E-state index in [0.29, 0.717) is 12.0 Å². The molecule has 2 saturated heterocycles. The molecule has 0 radical (unpaired) electrons. The van der Waals surface area contributed by atoms with Gasteiger partial charge in [0.25, 0.3) is 0 Å². The molecule has 0 spiro atoms. The molecule has 0 aromatic rings. The number of esters is 1. The van der Waals surface area contributed by atoms with E-state index in [-0.39, 0.29) is 53.1 Å². The number of hydrogen-bond acceptors (Lipinski definition) is 6. The van der Waals surface area contributed by atoms with E-state index in [2.05, 4.69) is 25.8 Å². The van der Waals surface area contributed by atoms with Gasteiger partial charge in [-0.2, -0.15) is 5.06 Å². The molecule has 4 fully saturated rings. The van der Waals surface area contributed by atoms with Crippen LogP contribution >= 0.6 is 0 Å².